The fourth-order valence-corrected chi connectivity index (χ4v) is 9.85. The largest absolute Gasteiger partial charge is 0.455 e. The van der Waals surface area contributed by atoms with E-state index in [4.69, 9.17) is 19.7 Å². The summed E-state index contributed by atoms with van der Waals surface area (Å²) in [5.74, 6) is 3.73. The van der Waals surface area contributed by atoms with E-state index >= 15 is 0 Å². The molecule has 44 heavy (non-hydrogen) atoms. The Morgan fingerprint density at radius 2 is 0.705 bits per heavy atom. The van der Waals surface area contributed by atoms with Crippen LogP contribution in [0.1, 0.15) is 0 Å². The average molecular weight is 586 g/mol. The normalized spacial score (nSPS) is 13.6. The molecule has 6 aromatic carbocycles. The van der Waals surface area contributed by atoms with E-state index in [2.05, 4.69) is 91.0 Å². The minimum absolute atomic E-state index is 0.640. The van der Waals surface area contributed by atoms with Crippen molar-refractivity contribution in [2.24, 2.45) is 0 Å². The van der Waals surface area contributed by atoms with Crippen molar-refractivity contribution in [3.63, 3.8) is 0 Å². The van der Waals surface area contributed by atoms with Crippen LogP contribution in [0.4, 0.5) is 0 Å². The third-order valence-corrected chi connectivity index (χ3v) is 11.8. The number of para-hydroxylation sites is 2. The molecule has 0 aliphatic carbocycles. The van der Waals surface area contributed by atoms with Crippen LogP contribution in [0.25, 0.3) is 34.2 Å². The van der Waals surface area contributed by atoms with Gasteiger partial charge in [-0.15, -0.1) is 10.0 Å². The molecule has 0 N–H and O–H groups in total. The highest BCUT2D eigenvalue weighted by Gasteiger charge is 2.40. The molecule has 1 aliphatic heterocycles. The highest BCUT2D eigenvalue weighted by molar-refractivity contribution is 8.34. The maximum absolute atomic E-state index is 6.47. The van der Waals surface area contributed by atoms with E-state index in [9.17, 15) is 0 Å². The maximum atomic E-state index is 6.47. The molecular weight excluding hydrogens is 559 g/mol. The number of hydrogen-bond donors (Lipinski definition) is 0. The summed E-state index contributed by atoms with van der Waals surface area (Å²) in [6.07, 6.45) is 0. The van der Waals surface area contributed by atoms with Crippen LogP contribution in [-0.4, -0.2) is 15.0 Å². The fourth-order valence-electron chi connectivity index (χ4n) is 5.83. The van der Waals surface area contributed by atoms with Crippen molar-refractivity contribution >= 4 is 10.0 Å². The molecule has 0 amide bonds. The first-order chi connectivity index (χ1) is 21.8. The van der Waals surface area contributed by atoms with Gasteiger partial charge in [-0.1, -0.05) is 115 Å². The van der Waals surface area contributed by atoms with Crippen molar-refractivity contribution in [3.8, 4) is 45.7 Å². The molecule has 0 bridgehead atoms. The summed E-state index contributed by atoms with van der Waals surface area (Å²) in [6, 6.07) is 56.6. The summed E-state index contributed by atoms with van der Waals surface area (Å²) in [7, 11) is -1.85. The smallest absolute Gasteiger partial charge is 0.164 e. The first-order valence-corrected chi connectivity index (χ1v) is 16.2. The van der Waals surface area contributed by atoms with E-state index in [0.717, 1.165) is 28.2 Å². The predicted molar refractivity (Wildman–Crippen MR) is 176 cm³/mol. The van der Waals surface area contributed by atoms with Crippen molar-refractivity contribution in [1.29, 1.82) is 0 Å². The van der Waals surface area contributed by atoms with Gasteiger partial charge in [0.2, 0.25) is 0 Å². The lowest BCUT2D eigenvalue weighted by atomic mass is 10.1. The Hall–Kier alpha value is -5.52. The summed E-state index contributed by atoms with van der Waals surface area (Å²) in [4.78, 5) is 19.6. The van der Waals surface area contributed by atoms with E-state index in [1.165, 1.54) is 19.6 Å². The third-order valence-electron chi connectivity index (χ3n) is 7.84. The van der Waals surface area contributed by atoms with Gasteiger partial charge in [0.15, 0.2) is 17.5 Å². The zero-order valence-electron chi connectivity index (χ0n) is 23.7. The Balaban J connectivity index is 1.32. The first-order valence-electron chi connectivity index (χ1n) is 14.5. The second-order valence-electron chi connectivity index (χ2n) is 10.5. The van der Waals surface area contributed by atoms with Crippen LogP contribution in [0.5, 0.6) is 11.5 Å². The molecule has 8 rings (SSSR count). The number of hydrogen-bond acceptors (Lipinski definition) is 4. The zero-order valence-corrected chi connectivity index (χ0v) is 24.6. The summed E-state index contributed by atoms with van der Waals surface area (Å²) < 4.78 is 6.47. The lowest BCUT2D eigenvalue weighted by molar-refractivity contribution is 0.452. The molecule has 5 heteroatoms. The lowest BCUT2D eigenvalue weighted by Crippen LogP contribution is -2.11. The van der Waals surface area contributed by atoms with Crippen molar-refractivity contribution in [2.45, 2.75) is 19.6 Å². The molecule has 0 unspecified atom stereocenters. The van der Waals surface area contributed by atoms with Gasteiger partial charge >= 0.3 is 0 Å². The molecule has 0 atom stereocenters. The summed E-state index contributed by atoms with van der Waals surface area (Å²) in [5.41, 5.74) is 2.84. The maximum Gasteiger partial charge on any atom is 0.164 e. The topological polar surface area (TPSA) is 47.9 Å². The van der Waals surface area contributed by atoms with Crippen molar-refractivity contribution < 1.29 is 4.74 Å². The van der Waals surface area contributed by atoms with Gasteiger partial charge in [-0.05, 0) is 48.5 Å². The van der Waals surface area contributed by atoms with Gasteiger partial charge < -0.3 is 4.74 Å². The molecule has 1 aliphatic rings. The van der Waals surface area contributed by atoms with E-state index in [1.54, 1.807) is 0 Å². The number of rotatable bonds is 5. The highest BCUT2D eigenvalue weighted by Crippen LogP contribution is 2.78. The van der Waals surface area contributed by atoms with Gasteiger partial charge in [-0.2, -0.15) is 0 Å². The first kappa shape index (κ1) is 26.1. The van der Waals surface area contributed by atoms with E-state index in [0.29, 0.717) is 17.5 Å². The minimum Gasteiger partial charge on any atom is -0.455 e. The Bertz CT molecular complexity index is 1980. The molecule has 0 radical (unpaired) electrons. The van der Waals surface area contributed by atoms with Gasteiger partial charge in [-0.25, -0.2) is 15.0 Å². The summed E-state index contributed by atoms with van der Waals surface area (Å²) >= 11 is 0. The molecule has 4 nitrogen and oxygen atoms in total. The highest BCUT2D eigenvalue weighted by atomic mass is 32.3. The van der Waals surface area contributed by atoms with Crippen LogP contribution in [0, 0.1) is 0 Å². The number of aromatic nitrogens is 3. The number of nitrogens with zero attached hydrogens (tertiary/aromatic N) is 3. The third kappa shape index (κ3) is 4.37. The zero-order chi connectivity index (χ0) is 29.3. The van der Waals surface area contributed by atoms with Crippen LogP contribution in [-0.2, 0) is 0 Å². The van der Waals surface area contributed by atoms with E-state index in [-0.39, 0.29) is 0 Å². The predicted octanol–water partition coefficient (Wildman–Crippen LogP) is 10.3. The van der Waals surface area contributed by atoms with Gasteiger partial charge in [0.05, 0.1) is 0 Å². The Morgan fingerprint density at radius 1 is 0.341 bits per heavy atom. The molecule has 0 spiro atoms. The SMILES string of the molecule is c1ccc(-c2nc(-c3ccccc3)nc(-c3ccc(S4(c5ccccc5)c5ccccc5Oc5ccccc54)cc3)n2)cc1. The number of benzene rings is 6. The molecule has 0 saturated carbocycles. The Morgan fingerprint density at radius 3 is 1.18 bits per heavy atom. The van der Waals surface area contributed by atoms with Gasteiger partial charge in [0.1, 0.15) is 11.5 Å². The molecule has 210 valence electrons. The van der Waals surface area contributed by atoms with E-state index < -0.39 is 10.0 Å². The molecule has 2 heterocycles. The van der Waals surface area contributed by atoms with Crippen LogP contribution in [0.3, 0.4) is 0 Å². The van der Waals surface area contributed by atoms with Crippen LogP contribution in [0.2, 0.25) is 0 Å². The quantitative estimate of drug-likeness (QED) is 0.202. The van der Waals surface area contributed by atoms with Crippen molar-refractivity contribution in [3.05, 3.63) is 164 Å². The molecule has 1 aromatic heterocycles. The van der Waals surface area contributed by atoms with Gasteiger partial charge in [0.25, 0.3) is 0 Å². The van der Waals surface area contributed by atoms with Crippen molar-refractivity contribution in [2.75, 3.05) is 0 Å². The molecule has 0 saturated heterocycles. The second-order valence-corrected chi connectivity index (χ2v) is 13.5. The van der Waals surface area contributed by atoms with Gasteiger partial charge in [0, 0.05) is 36.3 Å². The summed E-state index contributed by atoms with van der Waals surface area (Å²) in [5, 5.41) is 0. The number of fused-ring (bicyclic) bond motifs is 2. The summed E-state index contributed by atoms with van der Waals surface area (Å²) in [6.45, 7) is 0. The van der Waals surface area contributed by atoms with Crippen LogP contribution < -0.4 is 4.74 Å². The molecule has 0 fully saturated rings. The minimum atomic E-state index is -1.85. The van der Waals surface area contributed by atoms with Crippen molar-refractivity contribution in [1.82, 2.24) is 15.0 Å². The standard InChI is InChI=1S/C39H27N3OS/c1-4-14-28(15-5-1)37-40-38(29-16-6-2-7-17-29)42-39(41-37)30-24-26-32(27-25-30)44(31-18-8-3-9-19-31)35-22-12-10-20-33(35)43-34-21-11-13-23-36(34)44/h1-27H. The second kappa shape index (κ2) is 11.0. The number of ether oxygens (including phenoxy) is 1. The van der Waals surface area contributed by atoms with Crippen LogP contribution >= 0.6 is 10.0 Å². The van der Waals surface area contributed by atoms with Crippen LogP contribution in [0.15, 0.2) is 183 Å². The average Bonchev–Trinajstić information content (AvgIpc) is 3.11. The molecule has 7 aromatic rings. The lowest BCUT2D eigenvalue weighted by Gasteiger charge is -2.45. The Labute approximate surface area is 258 Å². The fraction of sp³-hybridized carbons (Fsp3) is 0. The monoisotopic (exact) mass is 585 g/mol. The van der Waals surface area contributed by atoms with Gasteiger partial charge in [-0.3, -0.25) is 0 Å². The molecular formula is C39H27N3OS. The van der Waals surface area contributed by atoms with E-state index in [1.807, 2.05) is 72.8 Å². The Kier molecular flexibility index (Phi) is 6.51.